The summed E-state index contributed by atoms with van der Waals surface area (Å²) in [7, 11) is 1.56. The molecule has 0 aliphatic carbocycles. The van der Waals surface area contributed by atoms with Gasteiger partial charge >= 0.3 is 0 Å². The molecule has 0 saturated carbocycles. The molecule has 1 aliphatic rings. The predicted molar refractivity (Wildman–Crippen MR) is 90.7 cm³/mol. The van der Waals surface area contributed by atoms with Crippen LogP contribution in [0.15, 0.2) is 18.2 Å². The zero-order valence-electron chi connectivity index (χ0n) is 14.6. The SMILES string of the molecule is CC.COCc1ccc(OC2OC(CO)C(O)C(O)C2O)c(NN)c1. The number of hydrogen-bond donors (Lipinski definition) is 6. The summed E-state index contributed by atoms with van der Waals surface area (Å²) >= 11 is 0. The van der Waals surface area contributed by atoms with E-state index in [0.717, 1.165) is 5.56 Å². The van der Waals surface area contributed by atoms with Crippen LogP contribution in [-0.4, -0.2) is 64.8 Å². The van der Waals surface area contributed by atoms with E-state index in [0.29, 0.717) is 12.3 Å². The van der Waals surface area contributed by atoms with Crippen LogP contribution in [0.1, 0.15) is 19.4 Å². The van der Waals surface area contributed by atoms with E-state index in [1.807, 2.05) is 13.8 Å². The highest BCUT2D eigenvalue weighted by atomic mass is 16.7. The monoisotopic (exact) mass is 360 g/mol. The van der Waals surface area contributed by atoms with Gasteiger partial charge in [0.25, 0.3) is 0 Å². The number of nitrogens with two attached hydrogens (primary N) is 1. The maximum absolute atomic E-state index is 9.97. The van der Waals surface area contributed by atoms with Crippen molar-refractivity contribution >= 4 is 5.69 Å². The average Bonchev–Trinajstić information content (AvgIpc) is 2.65. The second kappa shape index (κ2) is 10.5. The molecule has 9 heteroatoms. The van der Waals surface area contributed by atoms with Gasteiger partial charge in [-0.15, -0.1) is 0 Å². The first kappa shape index (κ1) is 21.6. The maximum atomic E-state index is 9.97. The van der Waals surface area contributed by atoms with Gasteiger partial charge in [0, 0.05) is 7.11 Å². The Labute approximate surface area is 146 Å². The van der Waals surface area contributed by atoms with Crippen LogP contribution in [-0.2, 0) is 16.1 Å². The summed E-state index contributed by atoms with van der Waals surface area (Å²) in [4.78, 5) is 0. The molecule has 9 nitrogen and oxygen atoms in total. The van der Waals surface area contributed by atoms with Gasteiger partial charge in [0.15, 0.2) is 0 Å². The van der Waals surface area contributed by atoms with E-state index >= 15 is 0 Å². The van der Waals surface area contributed by atoms with E-state index < -0.39 is 37.3 Å². The number of aliphatic hydroxyl groups is 4. The van der Waals surface area contributed by atoms with E-state index in [1.54, 1.807) is 25.3 Å². The first-order valence-corrected chi connectivity index (χ1v) is 8.07. The number of rotatable bonds is 6. The van der Waals surface area contributed by atoms with Gasteiger partial charge in [0.2, 0.25) is 6.29 Å². The summed E-state index contributed by atoms with van der Waals surface area (Å²) in [5.74, 6) is 5.73. The van der Waals surface area contributed by atoms with Crippen molar-refractivity contribution in [3.63, 3.8) is 0 Å². The summed E-state index contributed by atoms with van der Waals surface area (Å²) in [5.41, 5.74) is 3.74. The number of ether oxygens (including phenoxy) is 3. The summed E-state index contributed by atoms with van der Waals surface area (Å²) in [6.45, 7) is 3.86. The summed E-state index contributed by atoms with van der Waals surface area (Å²) < 4.78 is 15.8. The van der Waals surface area contributed by atoms with Gasteiger partial charge in [-0.2, -0.15) is 0 Å². The average molecular weight is 360 g/mol. The van der Waals surface area contributed by atoms with Crippen molar-refractivity contribution in [1.29, 1.82) is 0 Å². The topological polar surface area (TPSA) is 147 Å². The molecular weight excluding hydrogens is 332 g/mol. The summed E-state index contributed by atoms with van der Waals surface area (Å²) in [5, 5.41) is 38.6. The molecule has 0 aromatic heterocycles. The van der Waals surface area contributed by atoms with Crippen molar-refractivity contribution in [2.75, 3.05) is 19.1 Å². The van der Waals surface area contributed by atoms with Crippen LogP contribution >= 0.6 is 0 Å². The molecule has 0 spiro atoms. The molecule has 7 N–H and O–H groups in total. The third kappa shape index (κ3) is 5.25. The highest BCUT2D eigenvalue weighted by molar-refractivity contribution is 5.57. The maximum Gasteiger partial charge on any atom is 0.229 e. The van der Waals surface area contributed by atoms with Crippen LogP contribution < -0.4 is 16.0 Å². The summed E-state index contributed by atoms with van der Waals surface area (Å²) in [6, 6.07) is 5.04. The minimum atomic E-state index is -1.51. The highest BCUT2D eigenvalue weighted by Gasteiger charge is 2.44. The molecule has 0 radical (unpaired) electrons. The van der Waals surface area contributed by atoms with Gasteiger partial charge in [-0.1, -0.05) is 19.9 Å². The molecule has 1 aromatic rings. The van der Waals surface area contributed by atoms with Gasteiger partial charge in [0.1, 0.15) is 30.2 Å². The number of nitrogen functional groups attached to an aromatic ring is 1. The Kier molecular flexibility index (Phi) is 9.08. The Balaban J connectivity index is 0.00000151. The first-order valence-electron chi connectivity index (χ1n) is 8.07. The second-order valence-electron chi connectivity index (χ2n) is 5.22. The molecule has 1 aromatic carbocycles. The second-order valence-corrected chi connectivity index (χ2v) is 5.22. The van der Waals surface area contributed by atoms with Crippen LogP contribution in [0.25, 0.3) is 0 Å². The number of hydrogen-bond acceptors (Lipinski definition) is 9. The molecule has 1 saturated heterocycles. The lowest BCUT2D eigenvalue weighted by molar-refractivity contribution is -0.277. The van der Waals surface area contributed by atoms with E-state index in [9.17, 15) is 15.3 Å². The largest absolute Gasteiger partial charge is 0.460 e. The van der Waals surface area contributed by atoms with Crippen molar-refractivity contribution < 1.29 is 34.6 Å². The van der Waals surface area contributed by atoms with E-state index in [2.05, 4.69) is 5.43 Å². The van der Waals surface area contributed by atoms with Crippen molar-refractivity contribution in [3.05, 3.63) is 23.8 Å². The molecule has 1 aliphatic heterocycles. The van der Waals surface area contributed by atoms with E-state index in [1.165, 1.54) is 0 Å². The number of benzene rings is 1. The van der Waals surface area contributed by atoms with Crippen LogP contribution in [0, 0.1) is 0 Å². The highest BCUT2D eigenvalue weighted by Crippen LogP contribution is 2.30. The minimum absolute atomic E-state index is 0.275. The van der Waals surface area contributed by atoms with Gasteiger partial charge in [-0.25, -0.2) is 0 Å². The van der Waals surface area contributed by atoms with Crippen LogP contribution in [0.4, 0.5) is 5.69 Å². The zero-order valence-corrected chi connectivity index (χ0v) is 14.6. The van der Waals surface area contributed by atoms with Crippen LogP contribution in [0.3, 0.4) is 0 Å². The molecule has 0 amide bonds. The lowest BCUT2D eigenvalue weighted by atomic mass is 9.99. The van der Waals surface area contributed by atoms with Gasteiger partial charge in [0.05, 0.1) is 18.9 Å². The Hall–Kier alpha value is -1.46. The molecular formula is C16H28N2O7. The lowest BCUT2D eigenvalue weighted by Gasteiger charge is -2.39. The lowest BCUT2D eigenvalue weighted by Crippen LogP contribution is -2.60. The quantitative estimate of drug-likeness (QED) is 0.287. The predicted octanol–water partition coefficient (Wildman–Crippen LogP) is -0.676. The summed E-state index contributed by atoms with van der Waals surface area (Å²) in [6.07, 6.45) is -6.75. The van der Waals surface area contributed by atoms with Crippen molar-refractivity contribution in [2.24, 2.45) is 5.84 Å². The van der Waals surface area contributed by atoms with Gasteiger partial charge < -0.3 is 40.1 Å². The fraction of sp³-hybridized carbons (Fsp3) is 0.625. The molecule has 5 unspecified atom stereocenters. The molecule has 1 fully saturated rings. The number of aliphatic hydroxyl groups excluding tert-OH is 4. The Morgan fingerprint density at radius 3 is 2.40 bits per heavy atom. The molecule has 0 bridgehead atoms. The van der Waals surface area contributed by atoms with Crippen molar-refractivity contribution in [3.8, 4) is 5.75 Å². The van der Waals surface area contributed by atoms with Crippen molar-refractivity contribution in [2.45, 2.75) is 51.2 Å². The molecule has 1 heterocycles. The third-order valence-corrected chi connectivity index (χ3v) is 3.60. The number of nitrogens with one attached hydrogen (secondary N) is 1. The molecule has 25 heavy (non-hydrogen) atoms. The van der Waals surface area contributed by atoms with Crippen LogP contribution in [0.5, 0.6) is 5.75 Å². The Morgan fingerprint density at radius 1 is 1.16 bits per heavy atom. The zero-order chi connectivity index (χ0) is 19.0. The first-order chi connectivity index (χ1) is 12.0. The standard InChI is InChI=1S/C14H22N2O7.C2H6/c1-21-6-7-2-3-9(8(4-7)16-15)22-14-13(20)12(19)11(18)10(5-17)23-14;1-2/h2-4,10-14,16-20H,5-6,15H2,1H3;1-2H3. The molecule has 5 atom stereocenters. The Bertz CT molecular complexity index is 515. The number of methoxy groups -OCH3 is 1. The fourth-order valence-corrected chi connectivity index (χ4v) is 2.34. The minimum Gasteiger partial charge on any atom is -0.460 e. The molecule has 144 valence electrons. The molecule has 2 rings (SSSR count). The smallest absolute Gasteiger partial charge is 0.229 e. The van der Waals surface area contributed by atoms with E-state index in [-0.39, 0.29) is 5.75 Å². The Morgan fingerprint density at radius 2 is 1.84 bits per heavy atom. The normalized spacial score (nSPS) is 28.7. The van der Waals surface area contributed by atoms with Crippen LogP contribution in [0.2, 0.25) is 0 Å². The van der Waals surface area contributed by atoms with Crippen molar-refractivity contribution in [1.82, 2.24) is 0 Å². The number of hydrazine groups is 1. The third-order valence-electron chi connectivity index (χ3n) is 3.60. The van der Waals surface area contributed by atoms with E-state index in [4.69, 9.17) is 25.2 Å². The van der Waals surface area contributed by atoms with Gasteiger partial charge in [-0.05, 0) is 17.7 Å². The fourth-order valence-electron chi connectivity index (χ4n) is 2.34. The van der Waals surface area contributed by atoms with Gasteiger partial charge in [-0.3, -0.25) is 5.84 Å². The number of anilines is 1.